The average molecular weight is 391 g/mol. The Balaban J connectivity index is 1.49. The number of pyridine rings is 2. The van der Waals surface area contributed by atoms with Crippen LogP contribution in [-0.2, 0) is 6.54 Å². The molecule has 7 heteroatoms. The monoisotopic (exact) mass is 390 g/mol. The molecule has 4 heterocycles. The minimum Gasteiger partial charge on any atom is -0.316 e. The number of hydrogen-bond donors (Lipinski definition) is 1. The number of nitrogens with zero attached hydrogens (tertiary/aromatic N) is 5. The summed E-state index contributed by atoms with van der Waals surface area (Å²) in [6.45, 7) is 4.05. The smallest absolute Gasteiger partial charge is 0.188 e. The molecule has 3 aromatic rings. The first-order valence-electron chi connectivity index (χ1n) is 9.44. The lowest BCUT2D eigenvalue weighted by molar-refractivity contribution is 0.137. The lowest BCUT2D eigenvalue weighted by Crippen LogP contribution is -2.33. The van der Waals surface area contributed by atoms with Crippen LogP contribution in [0.4, 0.5) is 10.9 Å². The van der Waals surface area contributed by atoms with E-state index in [4.69, 9.17) is 10.2 Å². The second-order valence-corrected chi connectivity index (χ2v) is 7.95. The standard InChI is InChI=1S/C21H22N6S/c1-15-8-17(12-23-11-15)13-27-7-3-2-4-19(27)18-14-28-21(25-18)26-20-9-16(10-22)5-6-24-20/h5-6,8-9,11-12,14,19H,2-4,7,13H2,1H3,(H,24,25,26)/t19-/m1/s1. The van der Waals surface area contributed by atoms with Gasteiger partial charge in [-0.05, 0) is 49.6 Å². The van der Waals surface area contributed by atoms with Crippen molar-refractivity contribution in [2.24, 2.45) is 0 Å². The summed E-state index contributed by atoms with van der Waals surface area (Å²) in [6.07, 6.45) is 9.04. The van der Waals surface area contributed by atoms with Crippen LogP contribution in [0.25, 0.3) is 0 Å². The van der Waals surface area contributed by atoms with Crippen molar-refractivity contribution in [2.45, 2.75) is 38.8 Å². The molecule has 1 aliphatic rings. The minimum absolute atomic E-state index is 0.319. The van der Waals surface area contributed by atoms with Crippen LogP contribution < -0.4 is 5.32 Å². The molecule has 1 saturated heterocycles. The lowest BCUT2D eigenvalue weighted by Gasteiger charge is -2.34. The number of nitrogens with one attached hydrogen (secondary N) is 1. The van der Waals surface area contributed by atoms with E-state index in [0.717, 1.165) is 30.3 Å². The van der Waals surface area contributed by atoms with Crippen molar-refractivity contribution in [3.05, 3.63) is 64.6 Å². The van der Waals surface area contributed by atoms with Crippen molar-refractivity contribution < 1.29 is 0 Å². The zero-order valence-corrected chi connectivity index (χ0v) is 16.6. The maximum Gasteiger partial charge on any atom is 0.188 e. The first kappa shape index (κ1) is 18.5. The highest BCUT2D eigenvalue weighted by Gasteiger charge is 2.26. The minimum atomic E-state index is 0.319. The molecule has 142 valence electrons. The molecule has 0 aliphatic carbocycles. The highest BCUT2D eigenvalue weighted by atomic mass is 32.1. The molecule has 3 aromatic heterocycles. The van der Waals surface area contributed by atoms with E-state index in [9.17, 15) is 0 Å². The maximum absolute atomic E-state index is 9.04. The predicted octanol–water partition coefficient (Wildman–Crippen LogP) is 4.58. The van der Waals surface area contributed by atoms with E-state index in [1.807, 2.05) is 12.4 Å². The number of piperidine rings is 1. The summed E-state index contributed by atoms with van der Waals surface area (Å²) < 4.78 is 0. The van der Waals surface area contributed by atoms with Crippen LogP contribution in [0.15, 0.2) is 42.2 Å². The summed E-state index contributed by atoms with van der Waals surface area (Å²) in [5, 5.41) is 15.2. The predicted molar refractivity (Wildman–Crippen MR) is 110 cm³/mol. The van der Waals surface area contributed by atoms with Crippen LogP contribution in [0.3, 0.4) is 0 Å². The molecule has 4 rings (SSSR count). The first-order chi connectivity index (χ1) is 13.7. The Bertz CT molecular complexity index is 992. The molecule has 1 N–H and O–H groups in total. The zero-order chi connectivity index (χ0) is 19.3. The number of likely N-dealkylation sites (tertiary alicyclic amines) is 1. The quantitative estimate of drug-likeness (QED) is 0.687. The Labute approximate surface area is 168 Å². The fourth-order valence-corrected chi connectivity index (χ4v) is 4.39. The summed E-state index contributed by atoms with van der Waals surface area (Å²) in [4.78, 5) is 15.9. The SMILES string of the molecule is Cc1cncc(CN2CCCC[C@@H]2c2csc(Nc3cc(C#N)ccn3)n2)c1. The van der Waals surface area contributed by atoms with E-state index in [-0.39, 0.29) is 0 Å². The van der Waals surface area contributed by atoms with Crippen molar-refractivity contribution in [3.63, 3.8) is 0 Å². The van der Waals surface area contributed by atoms with Gasteiger partial charge in [0.25, 0.3) is 0 Å². The second kappa shape index (κ2) is 8.46. The lowest BCUT2D eigenvalue weighted by atomic mass is 9.99. The van der Waals surface area contributed by atoms with Crippen LogP contribution >= 0.6 is 11.3 Å². The summed E-state index contributed by atoms with van der Waals surface area (Å²) >= 11 is 1.58. The molecule has 0 spiro atoms. The molecule has 0 saturated carbocycles. The van der Waals surface area contributed by atoms with Gasteiger partial charge in [0.05, 0.1) is 23.4 Å². The number of hydrogen-bond acceptors (Lipinski definition) is 7. The Kier molecular flexibility index (Phi) is 5.60. The Morgan fingerprint density at radius 3 is 3.11 bits per heavy atom. The maximum atomic E-state index is 9.04. The van der Waals surface area contributed by atoms with Gasteiger partial charge in [0.2, 0.25) is 0 Å². The molecule has 1 fully saturated rings. The van der Waals surface area contributed by atoms with Gasteiger partial charge in [-0.15, -0.1) is 11.3 Å². The first-order valence-corrected chi connectivity index (χ1v) is 10.3. The van der Waals surface area contributed by atoms with E-state index in [1.165, 1.54) is 24.0 Å². The fraction of sp³-hybridized carbons (Fsp3) is 0.333. The van der Waals surface area contributed by atoms with Gasteiger partial charge < -0.3 is 5.32 Å². The summed E-state index contributed by atoms with van der Waals surface area (Å²) in [5.74, 6) is 0.645. The average Bonchev–Trinajstić information content (AvgIpc) is 3.17. The van der Waals surface area contributed by atoms with Crippen molar-refractivity contribution >= 4 is 22.3 Å². The highest BCUT2D eigenvalue weighted by molar-refractivity contribution is 7.13. The number of nitriles is 1. The van der Waals surface area contributed by atoms with Crippen LogP contribution in [0.5, 0.6) is 0 Å². The van der Waals surface area contributed by atoms with E-state index in [2.05, 4.69) is 44.6 Å². The molecular formula is C21H22N6S. The molecule has 1 atom stereocenters. The number of rotatable bonds is 5. The van der Waals surface area contributed by atoms with Crippen LogP contribution in [-0.4, -0.2) is 26.4 Å². The van der Waals surface area contributed by atoms with Crippen LogP contribution in [0.2, 0.25) is 0 Å². The van der Waals surface area contributed by atoms with Gasteiger partial charge in [0, 0.05) is 30.5 Å². The molecule has 1 aliphatic heterocycles. The molecule has 0 amide bonds. The molecule has 6 nitrogen and oxygen atoms in total. The van der Waals surface area contributed by atoms with Gasteiger partial charge in [-0.1, -0.05) is 12.5 Å². The third-order valence-electron chi connectivity index (χ3n) is 4.92. The second-order valence-electron chi connectivity index (χ2n) is 7.10. The van der Waals surface area contributed by atoms with Gasteiger partial charge in [0.15, 0.2) is 5.13 Å². The highest BCUT2D eigenvalue weighted by Crippen LogP contribution is 2.34. The number of aryl methyl sites for hydroxylation is 1. The Hall–Kier alpha value is -2.82. The Morgan fingerprint density at radius 2 is 2.25 bits per heavy atom. The summed E-state index contributed by atoms with van der Waals surface area (Å²) in [6, 6.07) is 8.09. The third-order valence-corrected chi connectivity index (χ3v) is 5.69. The normalized spacial score (nSPS) is 17.2. The summed E-state index contributed by atoms with van der Waals surface area (Å²) in [7, 11) is 0. The molecule has 0 aromatic carbocycles. The van der Waals surface area contributed by atoms with Gasteiger partial charge in [-0.2, -0.15) is 5.26 Å². The van der Waals surface area contributed by atoms with Crippen LogP contribution in [0.1, 0.15) is 47.7 Å². The topological polar surface area (TPSA) is 77.7 Å². The van der Waals surface area contributed by atoms with E-state index in [1.54, 1.807) is 29.7 Å². The molecule has 0 bridgehead atoms. The zero-order valence-electron chi connectivity index (χ0n) is 15.8. The number of thiazole rings is 1. The fourth-order valence-electron chi connectivity index (χ4n) is 3.63. The van der Waals surface area contributed by atoms with Crippen molar-refractivity contribution in [2.75, 3.05) is 11.9 Å². The largest absolute Gasteiger partial charge is 0.316 e. The molecule has 0 radical (unpaired) electrons. The molecule has 0 unspecified atom stereocenters. The van der Waals surface area contributed by atoms with Crippen molar-refractivity contribution in [1.29, 1.82) is 5.26 Å². The number of aromatic nitrogens is 3. The van der Waals surface area contributed by atoms with Crippen molar-refractivity contribution in [1.82, 2.24) is 19.9 Å². The number of anilines is 2. The molecule has 28 heavy (non-hydrogen) atoms. The van der Waals surface area contributed by atoms with Gasteiger partial charge >= 0.3 is 0 Å². The van der Waals surface area contributed by atoms with E-state index >= 15 is 0 Å². The third kappa shape index (κ3) is 4.35. The van der Waals surface area contributed by atoms with Gasteiger partial charge in [-0.3, -0.25) is 9.88 Å². The van der Waals surface area contributed by atoms with Crippen molar-refractivity contribution in [3.8, 4) is 6.07 Å². The van der Waals surface area contributed by atoms with E-state index < -0.39 is 0 Å². The summed E-state index contributed by atoms with van der Waals surface area (Å²) in [5.41, 5.74) is 4.13. The van der Waals surface area contributed by atoms with Gasteiger partial charge in [0.1, 0.15) is 5.82 Å². The van der Waals surface area contributed by atoms with Crippen LogP contribution in [0, 0.1) is 18.3 Å². The molecular weight excluding hydrogens is 368 g/mol. The van der Waals surface area contributed by atoms with E-state index in [0.29, 0.717) is 17.4 Å². The Morgan fingerprint density at radius 1 is 1.32 bits per heavy atom. The van der Waals surface area contributed by atoms with Gasteiger partial charge in [-0.25, -0.2) is 9.97 Å².